The monoisotopic (exact) mass is 149 g/mol. The standard InChI is InChI=1S/C5H11NO2S/c1-4-9-8-5(7)6(2)3/h4H2,1-3H3. The Labute approximate surface area is 59.6 Å². The molecule has 0 rings (SSSR count). The lowest BCUT2D eigenvalue weighted by Crippen LogP contribution is -2.20. The molecule has 0 aromatic carbocycles. The van der Waals surface area contributed by atoms with Gasteiger partial charge >= 0.3 is 6.09 Å². The van der Waals surface area contributed by atoms with Gasteiger partial charge in [-0.3, -0.25) is 0 Å². The molecule has 0 aromatic rings. The highest BCUT2D eigenvalue weighted by Crippen LogP contribution is 2.02. The molecule has 0 unspecified atom stereocenters. The molecule has 9 heavy (non-hydrogen) atoms. The van der Waals surface area contributed by atoms with Gasteiger partial charge in [-0.1, -0.05) is 6.92 Å². The second-order valence-corrected chi connectivity index (χ2v) is 2.63. The van der Waals surface area contributed by atoms with Crippen LogP contribution in [-0.4, -0.2) is 30.8 Å². The minimum absolute atomic E-state index is 0.304. The lowest BCUT2D eigenvalue weighted by molar-refractivity contribution is 0.180. The van der Waals surface area contributed by atoms with E-state index in [9.17, 15) is 4.79 Å². The topological polar surface area (TPSA) is 29.5 Å². The molecule has 0 aliphatic carbocycles. The van der Waals surface area contributed by atoms with Gasteiger partial charge in [-0.2, -0.15) is 0 Å². The Morgan fingerprint density at radius 3 is 2.56 bits per heavy atom. The maximum absolute atomic E-state index is 10.6. The lowest BCUT2D eigenvalue weighted by Gasteiger charge is -2.07. The van der Waals surface area contributed by atoms with Crippen molar-refractivity contribution in [1.82, 2.24) is 4.90 Å². The summed E-state index contributed by atoms with van der Waals surface area (Å²) < 4.78 is 4.66. The third-order valence-electron chi connectivity index (χ3n) is 0.613. The average Bonchev–Trinajstić information content (AvgIpc) is 1.82. The van der Waals surface area contributed by atoms with Crippen molar-refractivity contribution in [2.24, 2.45) is 0 Å². The first-order valence-electron chi connectivity index (χ1n) is 2.69. The van der Waals surface area contributed by atoms with Crippen molar-refractivity contribution in [2.45, 2.75) is 6.92 Å². The zero-order valence-electron chi connectivity index (χ0n) is 5.88. The SMILES string of the molecule is CCSOC(=O)N(C)C. The molecule has 0 saturated heterocycles. The van der Waals surface area contributed by atoms with Crippen LogP contribution in [0.5, 0.6) is 0 Å². The highest BCUT2D eigenvalue weighted by molar-refractivity contribution is 7.95. The quantitative estimate of drug-likeness (QED) is 0.555. The molecule has 0 heterocycles. The zero-order chi connectivity index (χ0) is 7.28. The Bertz CT molecular complexity index is 95.0. The predicted molar refractivity (Wildman–Crippen MR) is 38.3 cm³/mol. The first-order valence-corrected chi connectivity index (χ1v) is 3.60. The van der Waals surface area contributed by atoms with Gasteiger partial charge in [-0.05, 0) is 0 Å². The number of nitrogens with zero attached hydrogens (tertiary/aromatic N) is 1. The molecule has 3 nitrogen and oxygen atoms in total. The maximum Gasteiger partial charge on any atom is 0.421 e. The molecule has 0 aromatic heterocycles. The van der Waals surface area contributed by atoms with Gasteiger partial charge in [-0.15, -0.1) is 0 Å². The molecule has 0 saturated carbocycles. The molecule has 0 bridgehead atoms. The number of carbonyl (C=O) groups excluding carboxylic acids is 1. The highest BCUT2D eigenvalue weighted by Gasteiger charge is 2.02. The van der Waals surface area contributed by atoms with Crippen molar-refractivity contribution in [1.29, 1.82) is 0 Å². The molecular formula is C5H11NO2S. The van der Waals surface area contributed by atoms with E-state index < -0.39 is 0 Å². The number of hydrogen-bond acceptors (Lipinski definition) is 3. The fourth-order valence-electron chi connectivity index (χ4n) is 0.184. The smallest absolute Gasteiger partial charge is 0.375 e. The van der Waals surface area contributed by atoms with E-state index in [0.29, 0.717) is 0 Å². The largest absolute Gasteiger partial charge is 0.421 e. The van der Waals surface area contributed by atoms with Crippen LogP contribution in [0.25, 0.3) is 0 Å². The van der Waals surface area contributed by atoms with Crippen molar-refractivity contribution in [3.8, 4) is 0 Å². The highest BCUT2D eigenvalue weighted by atomic mass is 32.2. The summed E-state index contributed by atoms with van der Waals surface area (Å²) in [5.41, 5.74) is 0. The molecule has 0 fully saturated rings. The van der Waals surface area contributed by atoms with Crippen molar-refractivity contribution in [2.75, 3.05) is 19.8 Å². The molecule has 0 atom stereocenters. The van der Waals surface area contributed by atoms with Crippen LogP contribution in [0.4, 0.5) is 4.79 Å². The van der Waals surface area contributed by atoms with Crippen LogP contribution in [0.15, 0.2) is 0 Å². The van der Waals surface area contributed by atoms with Crippen LogP contribution in [0, 0.1) is 0 Å². The van der Waals surface area contributed by atoms with Crippen LogP contribution in [0.2, 0.25) is 0 Å². The first-order chi connectivity index (χ1) is 4.18. The van der Waals surface area contributed by atoms with Gasteiger partial charge in [0.15, 0.2) is 0 Å². The van der Waals surface area contributed by atoms with E-state index in [4.69, 9.17) is 0 Å². The average molecular weight is 149 g/mol. The van der Waals surface area contributed by atoms with E-state index in [1.165, 1.54) is 4.90 Å². The normalized spacial score (nSPS) is 8.78. The van der Waals surface area contributed by atoms with Gasteiger partial charge in [0.2, 0.25) is 0 Å². The summed E-state index contributed by atoms with van der Waals surface area (Å²) in [7, 11) is 3.30. The summed E-state index contributed by atoms with van der Waals surface area (Å²) in [6.45, 7) is 1.92. The summed E-state index contributed by atoms with van der Waals surface area (Å²) in [6, 6.07) is 0. The summed E-state index contributed by atoms with van der Waals surface area (Å²) in [5.74, 6) is 0.791. The number of amides is 1. The number of rotatable bonds is 2. The van der Waals surface area contributed by atoms with Gasteiger partial charge < -0.3 is 9.08 Å². The second-order valence-electron chi connectivity index (χ2n) is 1.65. The number of hydrogen-bond donors (Lipinski definition) is 0. The van der Waals surface area contributed by atoms with Crippen LogP contribution in [0.1, 0.15) is 6.92 Å². The van der Waals surface area contributed by atoms with Crippen molar-refractivity contribution in [3.05, 3.63) is 0 Å². The van der Waals surface area contributed by atoms with Crippen molar-refractivity contribution >= 4 is 18.1 Å². The van der Waals surface area contributed by atoms with E-state index in [1.807, 2.05) is 6.92 Å². The summed E-state index contributed by atoms with van der Waals surface area (Å²) in [6.07, 6.45) is -0.304. The molecule has 0 aliphatic rings. The van der Waals surface area contributed by atoms with E-state index in [2.05, 4.69) is 4.18 Å². The summed E-state index contributed by atoms with van der Waals surface area (Å²) >= 11 is 1.15. The molecular weight excluding hydrogens is 138 g/mol. The van der Waals surface area contributed by atoms with Crippen LogP contribution < -0.4 is 0 Å². The third kappa shape index (κ3) is 4.14. The van der Waals surface area contributed by atoms with Gasteiger partial charge in [0.25, 0.3) is 0 Å². The first kappa shape index (κ1) is 8.62. The molecule has 0 aliphatic heterocycles. The minimum Gasteiger partial charge on any atom is -0.375 e. The fourth-order valence-corrected chi connectivity index (χ4v) is 0.552. The molecule has 0 radical (unpaired) electrons. The predicted octanol–water partition coefficient (Wildman–Crippen LogP) is 1.35. The lowest BCUT2D eigenvalue weighted by atomic mass is 10.9. The van der Waals surface area contributed by atoms with Crippen molar-refractivity contribution in [3.63, 3.8) is 0 Å². The zero-order valence-corrected chi connectivity index (χ0v) is 6.70. The Kier molecular flexibility index (Phi) is 4.30. The third-order valence-corrected chi connectivity index (χ3v) is 1.11. The van der Waals surface area contributed by atoms with E-state index in [0.717, 1.165) is 17.8 Å². The summed E-state index contributed by atoms with van der Waals surface area (Å²) in [4.78, 5) is 12.0. The van der Waals surface area contributed by atoms with Gasteiger partial charge in [0.05, 0.1) is 12.0 Å². The molecule has 54 valence electrons. The van der Waals surface area contributed by atoms with Gasteiger partial charge in [-0.25, -0.2) is 4.79 Å². The van der Waals surface area contributed by atoms with Crippen LogP contribution >= 0.6 is 12.0 Å². The van der Waals surface area contributed by atoms with Crippen LogP contribution in [-0.2, 0) is 4.18 Å². The van der Waals surface area contributed by atoms with Crippen LogP contribution in [0.3, 0.4) is 0 Å². The van der Waals surface area contributed by atoms with Crippen molar-refractivity contribution < 1.29 is 8.98 Å². The van der Waals surface area contributed by atoms with E-state index in [-0.39, 0.29) is 6.09 Å². The number of carbonyl (C=O) groups is 1. The molecule has 0 N–H and O–H groups in total. The van der Waals surface area contributed by atoms with Gasteiger partial charge in [0.1, 0.15) is 0 Å². The second kappa shape index (κ2) is 4.49. The Morgan fingerprint density at radius 2 is 2.22 bits per heavy atom. The summed E-state index contributed by atoms with van der Waals surface area (Å²) in [5, 5.41) is 0. The molecule has 4 heteroatoms. The Morgan fingerprint density at radius 1 is 1.67 bits per heavy atom. The van der Waals surface area contributed by atoms with Gasteiger partial charge in [0, 0.05) is 19.8 Å². The van der Waals surface area contributed by atoms with E-state index >= 15 is 0 Å². The molecule has 1 amide bonds. The maximum atomic E-state index is 10.6. The molecule has 0 spiro atoms. The Balaban J connectivity index is 3.28. The Hall–Kier alpha value is -0.380. The fraction of sp³-hybridized carbons (Fsp3) is 0.800. The van der Waals surface area contributed by atoms with E-state index in [1.54, 1.807) is 14.1 Å². The minimum atomic E-state index is -0.304.